The lowest BCUT2D eigenvalue weighted by molar-refractivity contribution is -0.129. The SMILES string of the molecule is CCNC(=O)Oc1cc2ccc(F)c(C)c2nc1N1CCN(C(C)=O)CC1. The van der Waals surface area contributed by atoms with Crippen molar-refractivity contribution in [2.24, 2.45) is 0 Å². The summed E-state index contributed by atoms with van der Waals surface area (Å²) >= 11 is 0. The first-order valence-corrected chi connectivity index (χ1v) is 8.96. The van der Waals surface area contributed by atoms with Gasteiger partial charge in [-0.25, -0.2) is 14.2 Å². The van der Waals surface area contributed by atoms with Crippen LogP contribution in [0.2, 0.25) is 0 Å². The number of nitrogens with zero attached hydrogens (tertiary/aromatic N) is 3. The zero-order valence-electron chi connectivity index (χ0n) is 15.7. The van der Waals surface area contributed by atoms with E-state index in [-0.39, 0.29) is 11.7 Å². The van der Waals surface area contributed by atoms with Crippen molar-refractivity contribution in [2.45, 2.75) is 20.8 Å². The number of benzene rings is 1. The fourth-order valence-electron chi connectivity index (χ4n) is 3.14. The van der Waals surface area contributed by atoms with E-state index < -0.39 is 6.09 Å². The molecule has 0 atom stereocenters. The summed E-state index contributed by atoms with van der Waals surface area (Å²) in [7, 11) is 0. The van der Waals surface area contributed by atoms with Gasteiger partial charge in [0, 0.05) is 50.6 Å². The average molecular weight is 374 g/mol. The molecule has 2 amide bonds. The minimum Gasteiger partial charge on any atom is -0.406 e. The molecule has 2 heterocycles. The Morgan fingerprint density at radius 1 is 1.26 bits per heavy atom. The van der Waals surface area contributed by atoms with Crippen molar-refractivity contribution in [2.75, 3.05) is 37.6 Å². The molecule has 1 aliphatic rings. The Morgan fingerprint density at radius 3 is 2.59 bits per heavy atom. The van der Waals surface area contributed by atoms with Gasteiger partial charge in [-0.3, -0.25) is 4.79 Å². The lowest BCUT2D eigenvalue weighted by Gasteiger charge is -2.35. The van der Waals surface area contributed by atoms with Crippen molar-refractivity contribution in [3.8, 4) is 5.75 Å². The topological polar surface area (TPSA) is 74.8 Å². The van der Waals surface area contributed by atoms with E-state index in [1.807, 2.05) is 4.90 Å². The minimum atomic E-state index is -0.568. The molecule has 1 fully saturated rings. The third-order valence-electron chi connectivity index (χ3n) is 4.67. The van der Waals surface area contributed by atoms with Gasteiger partial charge in [-0.2, -0.15) is 0 Å². The number of rotatable bonds is 3. The van der Waals surface area contributed by atoms with Crippen molar-refractivity contribution >= 4 is 28.7 Å². The molecule has 2 aromatic rings. The van der Waals surface area contributed by atoms with E-state index >= 15 is 0 Å². The van der Waals surface area contributed by atoms with Gasteiger partial charge in [-0.1, -0.05) is 0 Å². The lowest BCUT2D eigenvalue weighted by Crippen LogP contribution is -2.48. The molecule has 0 aliphatic carbocycles. The molecular weight excluding hydrogens is 351 g/mol. The summed E-state index contributed by atoms with van der Waals surface area (Å²) in [5.41, 5.74) is 0.975. The van der Waals surface area contributed by atoms with E-state index in [2.05, 4.69) is 10.3 Å². The van der Waals surface area contributed by atoms with Crippen LogP contribution in [0.15, 0.2) is 18.2 Å². The predicted octanol–water partition coefficient (Wildman–Crippen LogP) is 2.46. The molecule has 0 saturated carbocycles. The first kappa shape index (κ1) is 18.9. The Morgan fingerprint density at radius 2 is 1.96 bits per heavy atom. The van der Waals surface area contributed by atoms with Crippen LogP contribution in [-0.4, -0.2) is 54.6 Å². The van der Waals surface area contributed by atoms with Gasteiger partial charge in [0.15, 0.2) is 11.6 Å². The number of fused-ring (bicyclic) bond motifs is 1. The summed E-state index contributed by atoms with van der Waals surface area (Å²) in [5.74, 6) is 0.485. The molecule has 1 aliphatic heterocycles. The summed E-state index contributed by atoms with van der Waals surface area (Å²) in [4.78, 5) is 31.8. The van der Waals surface area contributed by atoms with E-state index in [0.717, 1.165) is 0 Å². The van der Waals surface area contributed by atoms with Crippen LogP contribution in [0.25, 0.3) is 10.9 Å². The molecule has 144 valence electrons. The second-order valence-corrected chi connectivity index (χ2v) is 6.47. The maximum Gasteiger partial charge on any atom is 0.412 e. The zero-order chi connectivity index (χ0) is 19.6. The van der Waals surface area contributed by atoms with Crippen molar-refractivity contribution in [3.05, 3.63) is 29.6 Å². The molecule has 0 bridgehead atoms. The van der Waals surface area contributed by atoms with Crippen LogP contribution in [0.1, 0.15) is 19.4 Å². The van der Waals surface area contributed by atoms with Crippen LogP contribution in [0, 0.1) is 12.7 Å². The number of aryl methyl sites for hydroxylation is 1. The first-order chi connectivity index (χ1) is 12.9. The Balaban J connectivity index is 2.00. The molecule has 7 nitrogen and oxygen atoms in total. The van der Waals surface area contributed by atoms with Crippen LogP contribution in [-0.2, 0) is 4.79 Å². The molecule has 0 spiro atoms. The van der Waals surface area contributed by atoms with Gasteiger partial charge in [0.05, 0.1) is 5.52 Å². The monoisotopic (exact) mass is 374 g/mol. The highest BCUT2D eigenvalue weighted by atomic mass is 19.1. The minimum absolute atomic E-state index is 0.0258. The second kappa shape index (κ2) is 7.77. The van der Waals surface area contributed by atoms with Crippen LogP contribution in [0.3, 0.4) is 0 Å². The Hall–Kier alpha value is -2.90. The smallest absolute Gasteiger partial charge is 0.406 e. The van der Waals surface area contributed by atoms with Gasteiger partial charge in [-0.15, -0.1) is 0 Å². The third kappa shape index (κ3) is 3.94. The van der Waals surface area contributed by atoms with Gasteiger partial charge < -0.3 is 19.9 Å². The first-order valence-electron chi connectivity index (χ1n) is 8.96. The largest absolute Gasteiger partial charge is 0.412 e. The maximum absolute atomic E-state index is 14.0. The van der Waals surface area contributed by atoms with Gasteiger partial charge >= 0.3 is 6.09 Å². The highest BCUT2D eigenvalue weighted by Crippen LogP contribution is 2.33. The number of carbonyl (C=O) groups excluding carboxylic acids is 2. The van der Waals surface area contributed by atoms with Gasteiger partial charge in [0.25, 0.3) is 0 Å². The quantitative estimate of drug-likeness (QED) is 0.893. The number of aromatic nitrogens is 1. The van der Waals surface area contributed by atoms with Crippen molar-refractivity contribution < 1.29 is 18.7 Å². The fraction of sp³-hybridized carbons (Fsp3) is 0.421. The second-order valence-electron chi connectivity index (χ2n) is 6.47. The Labute approximate surface area is 157 Å². The van der Waals surface area contributed by atoms with Crippen LogP contribution in [0.4, 0.5) is 15.0 Å². The summed E-state index contributed by atoms with van der Waals surface area (Å²) in [6.45, 7) is 7.67. The molecule has 3 rings (SSSR count). The number of anilines is 1. The van der Waals surface area contributed by atoms with E-state index in [0.29, 0.717) is 60.8 Å². The zero-order valence-corrected chi connectivity index (χ0v) is 15.7. The predicted molar refractivity (Wildman–Crippen MR) is 101 cm³/mol. The Kier molecular flexibility index (Phi) is 5.43. The summed E-state index contributed by atoms with van der Waals surface area (Å²) in [6.07, 6.45) is -0.568. The van der Waals surface area contributed by atoms with Crippen molar-refractivity contribution in [3.63, 3.8) is 0 Å². The number of amides is 2. The lowest BCUT2D eigenvalue weighted by atomic mass is 10.1. The summed E-state index contributed by atoms with van der Waals surface area (Å²) in [6, 6.07) is 4.70. The van der Waals surface area contributed by atoms with Crippen molar-refractivity contribution in [1.82, 2.24) is 15.2 Å². The number of pyridine rings is 1. The van der Waals surface area contributed by atoms with Gasteiger partial charge in [0.1, 0.15) is 5.82 Å². The van der Waals surface area contributed by atoms with Crippen molar-refractivity contribution in [1.29, 1.82) is 0 Å². The molecule has 1 saturated heterocycles. The van der Waals surface area contributed by atoms with Crippen LogP contribution in [0.5, 0.6) is 5.75 Å². The number of ether oxygens (including phenoxy) is 1. The van der Waals surface area contributed by atoms with Crippen LogP contribution < -0.4 is 15.0 Å². The van der Waals surface area contributed by atoms with Gasteiger partial charge in [-0.05, 0) is 32.0 Å². The highest BCUT2D eigenvalue weighted by molar-refractivity contribution is 5.87. The molecule has 27 heavy (non-hydrogen) atoms. The summed E-state index contributed by atoms with van der Waals surface area (Å²) < 4.78 is 19.4. The Bertz CT molecular complexity index is 879. The number of halogens is 1. The van der Waals surface area contributed by atoms with E-state index in [1.54, 1.807) is 37.8 Å². The number of carbonyl (C=O) groups is 2. The molecule has 0 radical (unpaired) electrons. The van der Waals surface area contributed by atoms with Gasteiger partial charge in [0.2, 0.25) is 5.91 Å². The fourth-order valence-corrected chi connectivity index (χ4v) is 3.14. The molecule has 0 unspecified atom stereocenters. The number of hydrogen-bond donors (Lipinski definition) is 1. The number of nitrogens with one attached hydrogen (secondary N) is 1. The number of piperazine rings is 1. The third-order valence-corrected chi connectivity index (χ3v) is 4.67. The van der Waals surface area contributed by atoms with E-state index in [1.165, 1.54) is 6.07 Å². The molecule has 1 aromatic heterocycles. The molecular formula is C19H23FN4O3. The summed E-state index contributed by atoms with van der Waals surface area (Å²) in [5, 5.41) is 3.29. The van der Waals surface area contributed by atoms with Crippen LogP contribution >= 0.6 is 0 Å². The van der Waals surface area contributed by atoms with E-state index in [4.69, 9.17) is 4.74 Å². The highest BCUT2D eigenvalue weighted by Gasteiger charge is 2.24. The molecule has 1 N–H and O–H groups in total. The molecule has 8 heteroatoms. The molecule has 1 aromatic carbocycles. The van der Waals surface area contributed by atoms with E-state index in [9.17, 15) is 14.0 Å². The normalized spacial score (nSPS) is 14.4. The number of hydrogen-bond acceptors (Lipinski definition) is 5. The maximum atomic E-state index is 14.0. The standard InChI is InChI=1S/C19H23FN4O3/c1-4-21-19(26)27-16-11-14-5-6-15(20)12(2)17(14)22-18(16)24-9-7-23(8-10-24)13(3)25/h5-6,11H,4,7-10H2,1-3H3,(H,21,26). The average Bonchev–Trinajstić information content (AvgIpc) is 2.65.